The number of hydrogen-bond acceptors (Lipinski definition) is 9. The average molecular weight is 363 g/mol. The number of nitrogens with two attached hydrogens (primary N) is 1. The third-order valence-electron chi connectivity index (χ3n) is 4.29. The van der Waals surface area contributed by atoms with Crippen molar-refractivity contribution in [2.24, 2.45) is 4.99 Å². The van der Waals surface area contributed by atoms with Gasteiger partial charge in [0.1, 0.15) is 6.10 Å². The molecule has 2 aliphatic rings. The molecule has 1 saturated carbocycles. The Kier molecular flexibility index (Phi) is 6.21. The Labute approximate surface area is 152 Å². The highest BCUT2D eigenvalue weighted by Crippen LogP contribution is 2.37. The largest absolute Gasteiger partial charge is 0.473 e. The Balaban J connectivity index is 1.67. The van der Waals surface area contributed by atoms with E-state index in [0.717, 1.165) is 31.4 Å². The van der Waals surface area contributed by atoms with Gasteiger partial charge in [0.05, 0.1) is 18.9 Å². The number of nitrogens with one attached hydrogen (secondary N) is 1. The highest BCUT2D eigenvalue weighted by atomic mass is 16.7. The Hall–Kier alpha value is -2.42. The van der Waals surface area contributed by atoms with Gasteiger partial charge in [-0.1, -0.05) is 13.3 Å². The Morgan fingerprint density at radius 1 is 1.27 bits per heavy atom. The van der Waals surface area contributed by atoms with Crippen LogP contribution in [-0.4, -0.2) is 47.7 Å². The van der Waals surface area contributed by atoms with Crippen LogP contribution in [-0.2, 0) is 14.3 Å². The predicted molar refractivity (Wildman–Crippen MR) is 96.7 cm³/mol. The van der Waals surface area contributed by atoms with Gasteiger partial charge >= 0.3 is 5.97 Å². The van der Waals surface area contributed by atoms with Crippen LogP contribution in [0.15, 0.2) is 4.99 Å². The fourth-order valence-electron chi connectivity index (χ4n) is 2.93. The summed E-state index contributed by atoms with van der Waals surface area (Å²) >= 11 is 0. The van der Waals surface area contributed by atoms with Crippen LogP contribution in [0.25, 0.3) is 0 Å². The minimum atomic E-state index is -0.300. The summed E-state index contributed by atoms with van der Waals surface area (Å²) in [5.41, 5.74) is 7.08. The minimum Gasteiger partial charge on any atom is -0.473 e. The fourth-order valence-corrected chi connectivity index (χ4v) is 2.93. The minimum absolute atomic E-state index is 0.0950. The lowest BCUT2D eigenvalue weighted by atomic mass is 9.98. The van der Waals surface area contributed by atoms with E-state index in [1.165, 1.54) is 6.42 Å². The molecule has 142 valence electrons. The first-order chi connectivity index (χ1) is 12.7. The van der Waals surface area contributed by atoms with Crippen molar-refractivity contribution >= 4 is 29.1 Å². The molecule has 1 fully saturated rings. The zero-order valence-electron chi connectivity index (χ0n) is 15.0. The molecule has 3 N–H and O–H groups in total. The van der Waals surface area contributed by atoms with Gasteiger partial charge < -0.3 is 25.3 Å². The zero-order valence-corrected chi connectivity index (χ0v) is 15.0. The van der Waals surface area contributed by atoms with Crippen molar-refractivity contribution in [1.82, 2.24) is 9.97 Å². The molecule has 0 radical (unpaired) electrons. The number of aromatic nitrogens is 2. The van der Waals surface area contributed by atoms with Crippen molar-refractivity contribution < 1.29 is 19.0 Å². The van der Waals surface area contributed by atoms with E-state index in [1.54, 1.807) is 6.92 Å². The number of aliphatic imine (C=N–C) groups is 1. The molecule has 0 bridgehead atoms. The van der Waals surface area contributed by atoms with E-state index in [2.05, 4.69) is 20.3 Å². The van der Waals surface area contributed by atoms with Crippen LogP contribution >= 0.6 is 0 Å². The zero-order chi connectivity index (χ0) is 18.4. The molecule has 1 aromatic heterocycles. The third kappa shape index (κ3) is 4.81. The molecule has 0 amide bonds. The summed E-state index contributed by atoms with van der Waals surface area (Å²) < 4.78 is 16.3. The summed E-state index contributed by atoms with van der Waals surface area (Å²) in [7, 11) is 0. The molecule has 9 nitrogen and oxygen atoms in total. The lowest BCUT2D eigenvalue weighted by Crippen LogP contribution is -2.25. The van der Waals surface area contributed by atoms with Crippen LogP contribution in [0, 0.1) is 0 Å². The van der Waals surface area contributed by atoms with Crippen molar-refractivity contribution in [2.45, 2.75) is 51.6 Å². The van der Waals surface area contributed by atoms with Gasteiger partial charge in [-0.3, -0.25) is 4.79 Å². The average Bonchev–Trinajstić information content (AvgIpc) is 2.66. The van der Waals surface area contributed by atoms with Crippen LogP contribution in [0.4, 0.5) is 17.5 Å². The molecule has 0 spiro atoms. The van der Waals surface area contributed by atoms with Gasteiger partial charge in [-0.25, -0.2) is 4.99 Å². The van der Waals surface area contributed by atoms with Crippen LogP contribution in [0.1, 0.15) is 45.4 Å². The molecule has 1 aliphatic carbocycles. The van der Waals surface area contributed by atoms with E-state index in [0.29, 0.717) is 30.4 Å². The maximum atomic E-state index is 11.1. The topological polar surface area (TPSA) is 121 Å². The Morgan fingerprint density at radius 3 is 2.85 bits per heavy atom. The van der Waals surface area contributed by atoms with Crippen LogP contribution < -0.4 is 15.8 Å². The number of anilines is 2. The first-order valence-electron chi connectivity index (χ1n) is 9.03. The van der Waals surface area contributed by atoms with E-state index >= 15 is 0 Å². The van der Waals surface area contributed by atoms with Crippen molar-refractivity contribution in [3.63, 3.8) is 0 Å². The number of carbonyl (C=O) groups is 1. The summed E-state index contributed by atoms with van der Waals surface area (Å²) in [6, 6.07) is 0. The van der Waals surface area contributed by atoms with Gasteiger partial charge in [-0.2, -0.15) is 9.97 Å². The maximum absolute atomic E-state index is 11.1. The SMILES string of the molecule is CCC(=O)OCOCC1=Nc2c(nc(N)nc2OC2CCCCC2)NC1. The summed E-state index contributed by atoms with van der Waals surface area (Å²) in [6.07, 6.45) is 6.03. The molecule has 0 aromatic carbocycles. The normalized spacial score (nSPS) is 17.0. The maximum Gasteiger partial charge on any atom is 0.307 e. The van der Waals surface area contributed by atoms with Gasteiger partial charge in [0, 0.05) is 6.42 Å². The van der Waals surface area contributed by atoms with E-state index in [1.807, 2.05) is 0 Å². The molecule has 0 saturated heterocycles. The number of carbonyl (C=O) groups excluding carboxylic acids is 1. The standard InChI is InChI=1S/C17H25N5O4/c1-2-13(23)25-10-24-9-11-8-19-15-14(20-11)16(22-17(18)21-15)26-12-6-4-3-5-7-12/h12H,2-10H2,1H3,(H3,18,19,21,22). The first kappa shape index (κ1) is 18.4. The van der Waals surface area contributed by atoms with E-state index in [-0.39, 0.29) is 31.4 Å². The van der Waals surface area contributed by atoms with Gasteiger partial charge in [0.15, 0.2) is 18.3 Å². The summed E-state index contributed by atoms with van der Waals surface area (Å²) in [4.78, 5) is 24.1. The van der Waals surface area contributed by atoms with Gasteiger partial charge in [0.25, 0.3) is 0 Å². The van der Waals surface area contributed by atoms with Crippen LogP contribution in [0.3, 0.4) is 0 Å². The molecule has 0 unspecified atom stereocenters. The smallest absolute Gasteiger partial charge is 0.307 e. The number of ether oxygens (including phenoxy) is 3. The molecule has 3 rings (SSSR count). The van der Waals surface area contributed by atoms with Crippen molar-refractivity contribution in [3.05, 3.63) is 0 Å². The lowest BCUT2D eigenvalue weighted by Gasteiger charge is -2.25. The number of esters is 1. The molecular weight excluding hydrogens is 338 g/mol. The fraction of sp³-hybridized carbons (Fsp3) is 0.647. The third-order valence-corrected chi connectivity index (χ3v) is 4.29. The van der Waals surface area contributed by atoms with Crippen molar-refractivity contribution in [2.75, 3.05) is 31.0 Å². The van der Waals surface area contributed by atoms with Crippen LogP contribution in [0.2, 0.25) is 0 Å². The summed E-state index contributed by atoms with van der Waals surface area (Å²) in [6.45, 7) is 2.33. The predicted octanol–water partition coefficient (Wildman–Crippen LogP) is 2.20. The Bertz CT molecular complexity index is 673. The molecule has 26 heavy (non-hydrogen) atoms. The second-order valence-corrected chi connectivity index (χ2v) is 6.33. The lowest BCUT2D eigenvalue weighted by molar-refractivity contribution is -0.154. The number of rotatable bonds is 7. The number of hydrogen-bond donors (Lipinski definition) is 2. The van der Waals surface area contributed by atoms with Crippen LogP contribution in [0.5, 0.6) is 5.88 Å². The van der Waals surface area contributed by atoms with E-state index in [4.69, 9.17) is 19.9 Å². The Morgan fingerprint density at radius 2 is 2.08 bits per heavy atom. The molecular formula is C17H25N5O4. The van der Waals surface area contributed by atoms with Gasteiger partial charge in [-0.05, 0) is 25.7 Å². The molecule has 0 atom stereocenters. The molecule has 2 heterocycles. The van der Waals surface area contributed by atoms with E-state index in [9.17, 15) is 4.79 Å². The molecule has 1 aliphatic heterocycles. The number of nitrogens with zero attached hydrogens (tertiary/aromatic N) is 3. The molecule has 1 aromatic rings. The summed E-state index contributed by atoms with van der Waals surface area (Å²) in [5, 5.41) is 3.16. The van der Waals surface area contributed by atoms with Crippen molar-refractivity contribution in [3.8, 4) is 5.88 Å². The number of fused-ring (bicyclic) bond motifs is 1. The first-order valence-corrected chi connectivity index (χ1v) is 9.03. The van der Waals surface area contributed by atoms with Gasteiger partial charge in [-0.15, -0.1) is 0 Å². The molecule has 9 heteroatoms. The van der Waals surface area contributed by atoms with Crippen molar-refractivity contribution in [1.29, 1.82) is 0 Å². The second kappa shape index (κ2) is 8.79. The highest BCUT2D eigenvalue weighted by Gasteiger charge is 2.23. The number of nitrogen functional groups attached to an aromatic ring is 1. The van der Waals surface area contributed by atoms with Gasteiger partial charge in [0.2, 0.25) is 11.8 Å². The quantitative estimate of drug-likeness (QED) is 0.429. The van der Waals surface area contributed by atoms with E-state index < -0.39 is 0 Å². The second-order valence-electron chi connectivity index (χ2n) is 6.33. The highest BCUT2D eigenvalue weighted by molar-refractivity contribution is 5.96. The summed E-state index contributed by atoms with van der Waals surface area (Å²) in [5.74, 6) is 0.820. The monoisotopic (exact) mass is 363 g/mol.